The smallest absolute Gasteiger partial charge is 0.262 e. The molecule has 0 fully saturated rings. The molecule has 0 radical (unpaired) electrons. The van der Waals surface area contributed by atoms with E-state index in [1.165, 1.54) is 0 Å². The van der Waals surface area contributed by atoms with E-state index in [1.54, 1.807) is 12.1 Å². The Kier molecular flexibility index (Phi) is 5.39. The van der Waals surface area contributed by atoms with E-state index in [1.807, 2.05) is 56.3 Å². The molecule has 1 aromatic heterocycles. The largest absolute Gasteiger partial charge is 0.484 e. The Morgan fingerprint density at radius 3 is 2.54 bits per heavy atom. The first kappa shape index (κ1) is 17.8. The van der Waals surface area contributed by atoms with E-state index in [9.17, 15) is 4.79 Å². The standard InChI is InChI=1S/C21H21NO4/c1-14-3-7-17(8-4-14)25-13-21(24)22-19-11-16(6-5-15(19)2)20-10-9-18(12-23)26-20/h3-11,23H,12-13H2,1-2H3,(H,22,24). The molecule has 0 aliphatic rings. The Balaban J connectivity index is 1.67. The lowest BCUT2D eigenvalue weighted by atomic mass is 10.1. The number of benzene rings is 2. The predicted octanol–water partition coefficient (Wildman–Crippen LogP) is 4.07. The van der Waals surface area contributed by atoms with Gasteiger partial charge in [-0.2, -0.15) is 0 Å². The maximum Gasteiger partial charge on any atom is 0.262 e. The van der Waals surface area contributed by atoms with Crippen LogP contribution in [0, 0.1) is 13.8 Å². The minimum absolute atomic E-state index is 0.0673. The number of rotatable bonds is 6. The first-order valence-corrected chi connectivity index (χ1v) is 8.35. The van der Waals surface area contributed by atoms with Gasteiger partial charge in [0.1, 0.15) is 23.9 Å². The molecule has 0 saturated carbocycles. The molecule has 3 rings (SSSR count). The second-order valence-electron chi connectivity index (χ2n) is 6.10. The van der Waals surface area contributed by atoms with Gasteiger partial charge in [0, 0.05) is 11.3 Å². The minimum atomic E-state index is -0.235. The lowest BCUT2D eigenvalue weighted by Gasteiger charge is -2.11. The SMILES string of the molecule is Cc1ccc(OCC(=O)Nc2cc(-c3ccc(CO)o3)ccc2C)cc1. The average Bonchev–Trinajstić information content (AvgIpc) is 3.12. The van der Waals surface area contributed by atoms with Crippen LogP contribution >= 0.6 is 0 Å². The molecule has 0 saturated heterocycles. The highest BCUT2D eigenvalue weighted by atomic mass is 16.5. The molecule has 3 aromatic rings. The van der Waals surface area contributed by atoms with E-state index in [-0.39, 0.29) is 19.1 Å². The molecule has 0 atom stereocenters. The van der Waals surface area contributed by atoms with Gasteiger partial charge in [-0.25, -0.2) is 0 Å². The number of ether oxygens (including phenoxy) is 1. The van der Waals surface area contributed by atoms with Crippen molar-refractivity contribution in [2.24, 2.45) is 0 Å². The average molecular weight is 351 g/mol. The zero-order chi connectivity index (χ0) is 18.5. The Hall–Kier alpha value is -3.05. The summed E-state index contributed by atoms with van der Waals surface area (Å²) in [4.78, 5) is 12.2. The summed E-state index contributed by atoms with van der Waals surface area (Å²) >= 11 is 0. The van der Waals surface area contributed by atoms with E-state index in [2.05, 4.69) is 5.32 Å². The summed E-state index contributed by atoms with van der Waals surface area (Å²) in [5.41, 5.74) is 3.59. The fourth-order valence-corrected chi connectivity index (χ4v) is 2.50. The van der Waals surface area contributed by atoms with Gasteiger partial charge in [-0.05, 0) is 49.7 Å². The lowest BCUT2D eigenvalue weighted by Crippen LogP contribution is -2.20. The molecule has 0 aliphatic carbocycles. The van der Waals surface area contributed by atoms with Crippen LogP contribution in [-0.4, -0.2) is 17.6 Å². The van der Waals surface area contributed by atoms with Crippen molar-refractivity contribution < 1.29 is 19.1 Å². The molecule has 134 valence electrons. The molecule has 0 bridgehead atoms. The number of aryl methyl sites for hydroxylation is 2. The fourth-order valence-electron chi connectivity index (χ4n) is 2.50. The Bertz CT molecular complexity index is 897. The molecule has 1 amide bonds. The number of carbonyl (C=O) groups is 1. The molecular weight excluding hydrogens is 330 g/mol. The third kappa shape index (κ3) is 4.32. The van der Waals surface area contributed by atoms with Crippen LogP contribution in [0.4, 0.5) is 5.69 Å². The van der Waals surface area contributed by atoms with Gasteiger partial charge in [-0.1, -0.05) is 29.8 Å². The predicted molar refractivity (Wildman–Crippen MR) is 100 cm³/mol. The third-order valence-electron chi connectivity index (χ3n) is 4.00. The number of nitrogens with one attached hydrogen (secondary N) is 1. The molecular formula is C21H21NO4. The molecule has 5 heteroatoms. The topological polar surface area (TPSA) is 71.7 Å². The van der Waals surface area contributed by atoms with Crippen molar-refractivity contribution in [3.63, 3.8) is 0 Å². The molecule has 0 spiro atoms. The van der Waals surface area contributed by atoms with Crippen molar-refractivity contribution in [2.45, 2.75) is 20.5 Å². The summed E-state index contributed by atoms with van der Waals surface area (Å²) in [6, 6.07) is 16.7. The number of anilines is 1. The lowest BCUT2D eigenvalue weighted by molar-refractivity contribution is -0.118. The second kappa shape index (κ2) is 7.89. The van der Waals surface area contributed by atoms with Gasteiger partial charge >= 0.3 is 0 Å². The summed E-state index contributed by atoms with van der Waals surface area (Å²) in [6.45, 7) is 3.70. The maximum atomic E-state index is 12.2. The Morgan fingerprint density at radius 2 is 1.85 bits per heavy atom. The van der Waals surface area contributed by atoms with Crippen molar-refractivity contribution in [1.82, 2.24) is 0 Å². The number of aliphatic hydroxyl groups excluding tert-OH is 1. The van der Waals surface area contributed by atoms with Crippen molar-refractivity contribution >= 4 is 11.6 Å². The van der Waals surface area contributed by atoms with Gasteiger partial charge in [0.15, 0.2) is 6.61 Å². The number of aliphatic hydroxyl groups is 1. The summed E-state index contributed by atoms with van der Waals surface area (Å²) in [5, 5.41) is 12.0. The van der Waals surface area contributed by atoms with Crippen molar-refractivity contribution in [2.75, 3.05) is 11.9 Å². The Labute approximate surface area is 152 Å². The zero-order valence-corrected chi connectivity index (χ0v) is 14.8. The number of amides is 1. The van der Waals surface area contributed by atoms with Gasteiger partial charge in [-0.3, -0.25) is 4.79 Å². The van der Waals surface area contributed by atoms with Crippen LogP contribution in [0.2, 0.25) is 0 Å². The zero-order valence-electron chi connectivity index (χ0n) is 14.8. The van der Waals surface area contributed by atoms with Crippen LogP contribution in [0.3, 0.4) is 0 Å². The number of carbonyl (C=O) groups excluding carboxylic acids is 1. The van der Waals surface area contributed by atoms with E-state index in [4.69, 9.17) is 14.3 Å². The van der Waals surface area contributed by atoms with Gasteiger partial charge in [0.05, 0.1) is 0 Å². The molecule has 26 heavy (non-hydrogen) atoms. The van der Waals surface area contributed by atoms with Crippen LogP contribution in [-0.2, 0) is 11.4 Å². The monoisotopic (exact) mass is 351 g/mol. The van der Waals surface area contributed by atoms with Gasteiger partial charge in [-0.15, -0.1) is 0 Å². The summed E-state index contributed by atoms with van der Waals surface area (Å²) in [7, 11) is 0. The minimum Gasteiger partial charge on any atom is -0.484 e. The number of hydrogen-bond acceptors (Lipinski definition) is 4. The highest BCUT2D eigenvalue weighted by Crippen LogP contribution is 2.27. The number of furan rings is 1. The van der Waals surface area contributed by atoms with Crippen LogP contribution < -0.4 is 10.1 Å². The molecule has 0 aliphatic heterocycles. The normalized spacial score (nSPS) is 10.6. The van der Waals surface area contributed by atoms with Gasteiger partial charge in [0.25, 0.3) is 5.91 Å². The van der Waals surface area contributed by atoms with Crippen LogP contribution in [0.1, 0.15) is 16.9 Å². The fraction of sp³-hybridized carbons (Fsp3) is 0.190. The number of hydrogen-bond donors (Lipinski definition) is 2. The van der Waals surface area contributed by atoms with E-state index in [0.29, 0.717) is 23.0 Å². The molecule has 1 heterocycles. The molecule has 2 aromatic carbocycles. The van der Waals surface area contributed by atoms with Crippen LogP contribution in [0.15, 0.2) is 59.0 Å². The summed E-state index contributed by atoms with van der Waals surface area (Å²) in [5.74, 6) is 1.56. The first-order chi connectivity index (χ1) is 12.5. The molecule has 5 nitrogen and oxygen atoms in total. The summed E-state index contributed by atoms with van der Waals surface area (Å²) < 4.78 is 11.1. The van der Waals surface area contributed by atoms with E-state index >= 15 is 0 Å². The van der Waals surface area contributed by atoms with Crippen molar-refractivity contribution in [1.29, 1.82) is 0 Å². The Morgan fingerprint density at radius 1 is 1.08 bits per heavy atom. The maximum absolute atomic E-state index is 12.2. The highest BCUT2D eigenvalue weighted by Gasteiger charge is 2.10. The van der Waals surface area contributed by atoms with Crippen LogP contribution in [0.25, 0.3) is 11.3 Å². The van der Waals surface area contributed by atoms with E-state index < -0.39 is 0 Å². The van der Waals surface area contributed by atoms with Crippen molar-refractivity contribution in [3.05, 3.63) is 71.5 Å². The van der Waals surface area contributed by atoms with Crippen LogP contribution in [0.5, 0.6) is 5.75 Å². The van der Waals surface area contributed by atoms with E-state index in [0.717, 1.165) is 16.7 Å². The van der Waals surface area contributed by atoms with Crippen molar-refractivity contribution in [3.8, 4) is 17.1 Å². The van der Waals surface area contributed by atoms with Gasteiger partial charge in [0.2, 0.25) is 0 Å². The summed E-state index contributed by atoms with van der Waals surface area (Å²) in [6.07, 6.45) is 0. The second-order valence-corrected chi connectivity index (χ2v) is 6.10. The molecule has 2 N–H and O–H groups in total. The highest BCUT2D eigenvalue weighted by molar-refractivity contribution is 5.93. The van der Waals surface area contributed by atoms with Gasteiger partial charge < -0.3 is 19.6 Å². The quantitative estimate of drug-likeness (QED) is 0.702. The third-order valence-corrected chi connectivity index (χ3v) is 4.00. The molecule has 0 unspecified atom stereocenters. The first-order valence-electron chi connectivity index (χ1n) is 8.35.